The lowest BCUT2D eigenvalue weighted by molar-refractivity contribution is 0.479. The van der Waals surface area contributed by atoms with Crippen LogP contribution in [0.2, 0.25) is 0 Å². The van der Waals surface area contributed by atoms with Gasteiger partial charge in [0, 0.05) is 0 Å². The summed E-state index contributed by atoms with van der Waals surface area (Å²) in [7, 11) is 0. The zero-order valence-corrected chi connectivity index (χ0v) is 15.7. The number of aromatic hydroxyl groups is 2. The molecule has 0 spiro atoms. The fourth-order valence-electron chi connectivity index (χ4n) is 1.64. The van der Waals surface area contributed by atoms with E-state index in [1.165, 1.54) is 12.1 Å². The number of para-hydroxylation sites is 2. The zero-order chi connectivity index (χ0) is 15.7. The molecule has 0 saturated heterocycles. The van der Waals surface area contributed by atoms with E-state index in [1.807, 2.05) is 0 Å². The normalized spacial score (nSPS) is 16.9. The lowest BCUT2D eigenvalue weighted by Crippen LogP contribution is -2.07. The summed E-state index contributed by atoms with van der Waals surface area (Å²) in [6, 6.07) is 13.2. The Hall–Kier alpha value is -0.000000000000000167. The van der Waals surface area contributed by atoms with Crippen LogP contribution in [0.15, 0.2) is 48.5 Å². The van der Waals surface area contributed by atoms with Crippen molar-refractivity contribution in [3.05, 3.63) is 48.5 Å². The highest BCUT2D eigenvalue weighted by Crippen LogP contribution is 2.68. The summed E-state index contributed by atoms with van der Waals surface area (Å²) >= 11 is 19.6. The Morgan fingerprint density at radius 1 is 0.762 bits per heavy atom. The zero-order valence-electron chi connectivity index (χ0n) is 10.5. The average molecular weight is 394 g/mol. The number of thiol groups is 2. The van der Waals surface area contributed by atoms with E-state index in [2.05, 4.69) is 24.5 Å². The Labute approximate surface area is 143 Å². The maximum absolute atomic E-state index is 9.90. The van der Waals surface area contributed by atoms with Crippen molar-refractivity contribution in [2.75, 3.05) is 0 Å². The molecule has 112 valence electrons. The van der Waals surface area contributed by atoms with E-state index in [4.69, 9.17) is 27.9 Å². The Morgan fingerprint density at radius 3 is 1.43 bits per heavy atom. The molecule has 2 N–H and O–H groups in total. The molecule has 0 aliphatic heterocycles. The minimum absolute atomic E-state index is 0.0106. The number of hydrogen-bond donors (Lipinski definition) is 4. The molecule has 2 atom stereocenters. The number of hydrogen-bond acceptors (Lipinski definition) is 5. The fourth-order valence-corrected chi connectivity index (χ4v) is 12.3. The summed E-state index contributed by atoms with van der Waals surface area (Å²) in [5, 5.41) is 20.6. The molecule has 0 fully saturated rings. The van der Waals surface area contributed by atoms with Crippen LogP contribution in [0, 0.1) is 0 Å². The molecule has 2 unspecified atom stereocenters. The van der Waals surface area contributed by atoms with Crippen molar-refractivity contribution in [1.29, 1.82) is 0 Å². The van der Waals surface area contributed by atoms with Crippen molar-refractivity contribution in [1.82, 2.24) is 0 Å². The van der Waals surface area contributed by atoms with E-state index in [0.29, 0.717) is 10.6 Å². The van der Waals surface area contributed by atoms with Crippen LogP contribution in [0.5, 0.6) is 11.5 Å². The Kier molecular flexibility index (Phi) is 5.48. The van der Waals surface area contributed by atoms with Crippen LogP contribution >= 0.6 is 35.4 Å². The standard InChI is InChI=1S/C12H12O3P2S4/c13-9-5-1-3-7-11(9)16(18,19)15-17(20,21)12-8-4-2-6-10(12)14/h1-8,13-14H,(H,18,19)(H,20,21). The fraction of sp³-hybridized carbons (Fsp3) is 0. The monoisotopic (exact) mass is 394 g/mol. The summed E-state index contributed by atoms with van der Waals surface area (Å²) < 4.78 is 5.82. The van der Waals surface area contributed by atoms with Crippen molar-refractivity contribution in [2.45, 2.75) is 0 Å². The molecule has 0 aliphatic carbocycles. The largest absolute Gasteiger partial charge is 0.507 e. The predicted octanol–water partition coefficient (Wildman–Crippen LogP) is 3.54. The third-order valence-electron chi connectivity index (χ3n) is 2.59. The van der Waals surface area contributed by atoms with Gasteiger partial charge in [0.25, 0.3) is 0 Å². The van der Waals surface area contributed by atoms with Gasteiger partial charge in [-0.05, 0) is 24.3 Å². The maximum atomic E-state index is 9.90. The van der Waals surface area contributed by atoms with Gasteiger partial charge in [0.15, 0.2) is 10.9 Å². The summed E-state index contributed by atoms with van der Waals surface area (Å²) in [6.07, 6.45) is 0. The number of benzene rings is 2. The first kappa shape index (κ1) is 17.4. The lowest BCUT2D eigenvalue weighted by atomic mass is 10.3. The first-order chi connectivity index (χ1) is 9.74. The Morgan fingerprint density at radius 2 is 1.10 bits per heavy atom. The van der Waals surface area contributed by atoms with Gasteiger partial charge in [0.2, 0.25) is 0 Å². The van der Waals surface area contributed by atoms with Gasteiger partial charge < -0.3 is 10.2 Å². The van der Waals surface area contributed by atoms with Gasteiger partial charge in [-0.25, -0.2) is 0 Å². The van der Waals surface area contributed by atoms with Gasteiger partial charge in [-0.1, -0.05) is 47.9 Å². The highest BCUT2D eigenvalue weighted by Gasteiger charge is 2.29. The van der Waals surface area contributed by atoms with Crippen LogP contribution in [-0.2, 0) is 27.9 Å². The van der Waals surface area contributed by atoms with Crippen molar-refractivity contribution in [2.24, 2.45) is 0 Å². The van der Waals surface area contributed by atoms with E-state index in [1.54, 1.807) is 36.4 Å². The van der Waals surface area contributed by atoms with Crippen molar-refractivity contribution in [3.8, 4) is 11.5 Å². The Bertz CT molecular complexity index is 702. The summed E-state index contributed by atoms with van der Waals surface area (Å²) in [6.45, 7) is 0. The highest BCUT2D eigenvalue weighted by atomic mass is 32.9. The smallest absolute Gasteiger partial charge is 0.155 e. The summed E-state index contributed by atoms with van der Waals surface area (Å²) in [5.74, 6) is 0.0212. The second-order valence-electron chi connectivity index (χ2n) is 4.10. The molecule has 3 nitrogen and oxygen atoms in total. The molecular weight excluding hydrogens is 382 g/mol. The van der Waals surface area contributed by atoms with Gasteiger partial charge in [0.1, 0.15) is 11.5 Å². The second-order valence-corrected chi connectivity index (χ2v) is 15.9. The van der Waals surface area contributed by atoms with Crippen molar-refractivity contribution < 1.29 is 14.5 Å². The average Bonchev–Trinajstić information content (AvgIpc) is 2.38. The SMILES string of the molecule is Oc1ccccc1P(=S)(S)OP(=S)(S)c1ccccc1O. The third kappa shape index (κ3) is 4.05. The third-order valence-corrected chi connectivity index (χ3v) is 11.3. The van der Waals surface area contributed by atoms with E-state index in [0.717, 1.165) is 0 Å². The van der Waals surface area contributed by atoms with Crippen LogP contribution in [0.25, 0.3) is 0 Å². The van der Waals surface area contributed by atoms with Crippen molar-refractivity contribution in [3.63, 3.8) is 0 Å². The highest BCUT2D eigenvalue weighted by molar-refractivity contribution is 8.70. The van der Waals surface area contributed by atoms with Crippen LogP contribution in [-0.4, -0.2) is 10.2 Å². The molecule has 2 rings (SSSR count). The molecule has 0 saturated carbocycles. The van der Waals surface area contributed by atoms with E-state index in [-0.39, 0.29) is 11.5 Å². The minimum atomic E-state index is -2.85. The quantitative estimate of drug-likeness (QED) is 0.472. The second kappa shape index (κ2) is 6.63. The first-order valence-corrected chi connectivity index (χ1v) is 13.4. The molecule has 21 heavy (non-hydrogen) atoms. The number of phenols is 2. The number of phenolic OH excluding ortho intramolecular Hbond substituents is 2. The van der Waals surface area contributed by atoms with Crippen LogP contribution in [0.4, 0.5) is 0 Å². The molecule has 0 aliphatic rings. The summed E-state index contributed by atoms with van der Waals surface area (Å²) in [5.41, 5.74) is -5.71. The molecular formula is C12H12O3P2S4. The molecule has 0 radical (unpaired) electrons. The van der Waals surface area contributed by atoms with Crippen molar-refractivity contribution >= 4 is 69.7 Å². The lowest BCUT2D eigenvalue weighted by Gasteiger charge is -2.25. The molecule has 0 bridgehead atoms. The molecule has 2 aromatic carbocycles. The van der Waals surface area contributed by atoms with Gasteiger partial charge in [-0.3, -0.25) is 4.31 Å². The minimum Gasteiger partial charge on any atom is -0.507 e. The van der Waals surface area contributed by atoms with E-state index >= 15 is 0 Å². The molecule has 0 amide bonds. The predicted molar refractivity (Wildman–Crippen MR) is 103 cm³/mol. The van der Waals surface area contributed by atoms with Gasteiger partial charge >= 0.3 is 0 Å². The van der Waals surface area contributed by atoms with Crippen LogP contribution in [0.1, 0.15) is 0 Å². The van der Waals surface area contributed by atoms with Gasteiger partial charge in [-0.2, -0.15) is 0 Å². The molecule has 0 heterocycles. The molecule has 0 aromatic heterocycles. The van der Waals surface area contributed by atoms with Crippen LogP contribution < -0.4 is 10.6 Å². The first-order valence-electron chi connectivity index (χ1n) is 5.68. The summed E-state index contributed by atoms with van der Waals surface area (Å²) in [4.78, 5) is 0. The van der Waals surface area contributed by atoms with Crippen LogP contribution in [0.3, 0.4) is 0 Å². The number of rotatable bonds is 4. The van der Waals surface area contributed by atoms with Gasteiger partial charge in [-0.15, -0.1) is 24.5 Å². The maximum Gasteiger partial charge on any atom is 0.155 e. The van der Waals surface area contributed by atoms with E-state index < -0.39 is 10.9 Å². The molecule has 2 aromatic rings. The Balaban J connectivity index is 2.41. The molecule has 9 heteroatoms. The van der Waals surface area contributed by atoms with E-state index in [9.17, 15) is 10.2 Å². The van der Waals surface area contributed by atoms with Gasteiger partial charge in [0.05, 0.1) is 10.6 Å². The topological polar surface area (TPSA) is 49.7 Å².